The molecule has 0 fully saturated rings. The maximum Gasteiger partial charge on any atom is 0.0746 e. The lowest BCUT2D eigenvalue weighted by Gasteiger charge is -2.06. The number of nitrogens with one attached hydrogen (secondary N) is 1. The fraction of sp³-hybridized carbons (Fsp3) is 0.333. The number of halogens is 1. The summed E-state index contributed by atoms with van der Waals surface area (Å²) >= 11 is 3.41. The minimum absolute atomic E-state index is 0.724. The topological polar surface area (TPSA) is 21.3 Å². The molecule has 0 amide bonds. The molecule has 0 aliphatic rings. The van der Waals surface area contributed by atoms with Gasteiger partial charge in [0, 0.05) is 4.47 Å². The lowest BCUT2D eigenvalue weighted by Crippen LogP contribution is -2.02. The van der Waals surface area contributed by atoms with Gasteiger partial charge in [-0.25, -0.2) is 0 Å². The van der Waals surface area contributed by atoms with Crippen molar-refractivity contribution >= 4 is 21.6 Å². The highest BCUT2D eigenvalue weighted by atomic mass is 79.9. The summed E-state index contributed by atoms with van der Waals surface area (Å²) in [5, 5.41) is 0. The van der Waals surface area contributed by atoms with Gasteiger partial charge in [-0.2, -0.15) is 0 Å². The van der Waals surface area contributed by atoms with E-state index in [2.05, 4.69) is 28.3 Å². The maximum atomic E-state index is 5.17. The van der Waals surface area contributed by atoms with Gasteiger partial charge in [0.25, 0.3) is 0 Å². The summed E-state index contributed by atoms with van der Waals surface area (Å²) in [4.78, 5) is 5.17. The minimum atomic E-state index is 0.724. The van der Waals surface area contributed by atoms with E-state index in [1.807, 2.05) is 24.3 Å². The summed E-state index contributed by atoms with van der Waals surface area (Å²) in [5.74, 6) is 0. The van der Waals surface area contributed by atoms with Crippen molar-refractivity contribution in [3.63, 3.8) is 0 Å². The van der Waals surface area contributed by atoms with Gasteiger partial charge in [0.15, 0.2) is 0 Å². The standard InChI is InChI=1S/C9H12BrNO/c1-2-7-12-11-9-6-4-3-5-8(9)10/h3-6,11H,2,7H2,1H3. The first kappa shape index (κ1) is 9.55. The quantitative estimate of drug-likeness (QED) is 0.633. The van der Waals surface area contributed by atoms with Crippen LogP contribution in [0.2, 0.25) is 0 Å². The number of para-hydroxylation sites is 1. The molecule has 0 aliphatic heterocycles. The average molecular weight is 230 g/mol. The van der Waals surface area contributed by atoms with Crippen LogP contribution in [0, 0.1) is 0 Å². The first-order valence-corrected chi connectivity index (χ1v) is 4.76. The predicted octanol–water partition coefficient (Wildman–Crippen LogP) is 3.20. The van der Waals surface area contributed by atoms with Crippen molar-refractivity contribution in [2.24, 2.45) is 0 Å². The van der Waals surface area contributed by atoms with Gasteiger partial charge in [0.2, 0.25) is 0 Å². The molecule has 1 N–H and O–H groups in total. The maximum absolute atomic E-state index is 5.17. The Hall–Kier alpha value is -0.540. The molecule has 66 valence electrons. The minimum Gasteiger partial charge on any atom is -0.276 e. The molecule has 0 saturated heterocycles. The van der Waals surface area contributed by atoms with E-state index in [-0.39, 0.29) is 0 Å². The Bertz CT molecular complexity index is 240. The Kier molecular flexibility index (Phi) is 4.11. The fourth-order valence-corrected chi connectivity index (χ4v) is 1.14. The zero-order chi connectivity index (χ0) is 8.81. The molecule has 0 bridgehead atoms. The highest BCUT2D eigenvalue weighted by Gasteiger charge is 1.95. The number of hydrogen-bond donors (Lipinski definition) is 1. The molecule has 1 rings (SSSR count). The molecule has 0 saturated carbocycles. The highest BCUT2D eigenvalue weighted by Crippen LogP contribution is 2.20. The van der Waals surface area contributed by atoms with Crippen molar-refractivity contribution in [1.29, 1.82) is 0 Å². The summed E-state index contributed by atoms with van der Waals surface area (Å²) in [5.41, 5.74) is 3.83. The lowest BCUT2D eigenvalue weighted by atomic mass is 10.3. The summed E-state index contributed by atoms with van der Waals surface area (Å²) in [6.45, 7) is 2.79. The zero-order valence-electron chi connectivity index (χ0n) is 7.01. The summed E-state index contributed by atoms with van der Waals surface area (Å²) in [6.07, 6.45) is 1.01. The molecule has 1 aromatic rings. The van der Waals surface area contributed by atoms with Crippen molar-refractivity contribution in [3.8, 4) is 0 Å². The molecule has 0 heterocycles. The van der Waals surface area contributed by atoms with Crippen LogP contribution >= 0.6 is 15.9 Å². The van der Waals surface area contributed by atoms with E-state index >= 15 is 0 Å². The average Bonchev–Trinajstić information content (AvgIpc) is 2.09. The van der Waals surface area contributed by atoms with Crippen LogP contribution in [-0.4, -0.2) is 6.61 Å². The third-order valence-electron chi connectivity index (χ3n) is 1.36. The third kappa shape index (κ3) is 2.83. The van der Waals surface area contributed by atoms with Gasteiger partial charge in [0.05, 0.1) is 12.3 Å². The van der Waals surface area contributed by atoms with Crippen LogP contribution in [0.4, 0.5) is 5.69 Å². The monoisotopic (exact) mass is 229 g/mol. The zero-order valence-corrected chi connectivity index (χ0v) is 8.60. The number of rotatable bonds is 4. The molecule has 12 heavy (non-hydrogen) atoms. The van der Waals surface area contributed by atoms with Gasteiger partial charge in [-0.15, -0.1) is 0 Å². The van der Waals surface area contributed by atoms with Crippen molar-refractivity contribution in [3.05, 3.63) is 28.7 Å². The number of hydrogen-bond acceptors (Lipinski definition) is 2. The second-order valence-electron chi connectivity index (χ2n) is 2.43. The summed E-state index contributed by atoms with van der Waals surface area (Å²) < 4.78 is 1.01. The van der Waals surface area contributed by atoms with Crippen LogP contribution < -0.4 is 5.48 Å². The lowest BCUT2D eigenvalue weighted by molar-refractivity contribution is 0.194. The van der Waals surface area contributed by atoms with Gasteiger partial charge < -0.3 is 0 Å². The van der Waals surface area contributed by atoms with Crippen LogP contribution in [0.1, 0.15) is 13.3 Å². The molecular formula is C9H12BrNO. The van der Waals surface area contributed by atoms with E-state index in [0.717, 1.165) is 23.2 Å². The molecule has 1 aromatic carbocycles. The van der Waals surface area contributed by atoms with Gasteiger partial charge in [-0.3, -0.25) is 10.3 Å². The van der Waals surface area contributed by atoms with Crippen LogP contribution in [0.25, 0.3) is 0 Å². The largest absolute Gasteiger partial charge is 0.276 e. The SMILES string of the molecule is CCCONc1ccccc1Br. The van der Waals surface area contributed by atoms with Gasteiger partial charge in [-0.05, 0) is 34.5 Å². The smallest absolute Gasteiger partial charge is 0.0746 e. The predicted molar refractivity (Wildman–Crippen MR) is 54.0 cm³/mol. The molecule has 0 radical (unpaired) electrons. The molecule has 3 heteroatoms. The second-order valence-corrected chi connectivity index (χ2v) is 3.28. The normalized spacial score (nSPS) is 9.83. The van der Waals surface area contributed by atoms with E-state index in [0.29, 0.717) is 0 Å². The summed E-state index contributed by atoms with van der Waals surface area (Å²) in [7, 11) is 0. The molecule has 2 nitrogen and oxygen atoms in total. The van der Waals surface area contributed by atoms with E-state index in [4.69, 9.17) is 4.84 Å². The van der Waals surface area contributed by atoms with Crippen LogP contribution in [0.15, 0.2) is 28.7 Å². The van der Waals surface area contributed by atoms with Crippen molar-refractivity contribution in [2.75, 3.05) is 12.1 Å². The summed E-state index contributed by atoms with van der Waals surface area (Å²) in [6, 6.07) is 7.86. The van der Waals surface area contributed by atoms with Gasteiger partial charge >= 0.3 is 0 Å². The first-order valence-electron chi connectivity index (χ1n) is 3.97. The molecule has 0 aliphatic carbocycles. The van der Waals surface area contributed by atoms with Crippen molar-refractivity contribution in [1.82, 2.24) is 0 Å². The van der Waals surface area contributed by atoms with Crippen molar-refractivity contribution in [2.45, 2.75) is 13.3 Å². The second kappa shape index (κ2) is 5.17. The Balaban J connectivity index is 2.46. The van der Waals surface area contributed by atoms with E-state index in [9.17, 15) is 0 Å². The Morgan fingerprint density at radius 3 is 2.83 bits per heavy atom. The number of anilines is 1. The van der Waals surface area contributed by atoms with Crippen LogP contribution in [0.3, 0.4) is 0 Å². The van der Waals surface area contributed by atoms with Crippen LogP contribution in [0.5, 0.6) is 0 Å². The van der Waals surface area contributed by atoms with Crippen molar-refractivity contribution < 1.29 is 4.84 Å². The molecule has 0 unspecified atom stereocenters. The van der Waals surface area contributed by atoms with E-state index in [1.165, 1.54) is 0 Å². The molecule has 0 aromatic heterocycles. The first-order chi connectivity index (χ1) is 5.84. The highest BCUT2D eigenvalue weighted by molar-refractivity contribution is 9.10. The third-order valence-corrected chi connectivity index (χ3v) is 2.05. The van der Waals surface area contributed by atoms with E-state index < -0.39 is 0 Å². The Labute approximate surface area is 81.0 Å². The van der Waals surface area contributed by atoms with Gasteiger partial charge in [0.1, 0.15) is 0 Å². The molecule has 0 spiro atoms. The Morgan fingerprint density at radius 1 is 1.42 bits per heavy atom. The number of benzene rings is 1. The van der Waals surface area contributed by atoms with E-state index in [1.54, 1.807) is 0 Å². The van der Waals surface area contributed by atoms with Gasteiger partial charge in [-0.1, -0.05) is 19.1 Å². The van der Waals surface area contributed by atoms with Crippen LogP contribution in [-0.2, 0) is 4.84 Å². The fourth-order valence-electron chi connectivity index (χ4n) is 0.775. The molecule has 0 atom stereocenters. The molecular weight excluding hydrogens is 218 g/mol. The Morgan fingerprint density at radius 2 is 2.17 bits per heavy atom.